The Morgan fingerprint density at radius 1 is 1.33 bits per heavy atom. The Hall–Kier alpha value is -2.61. The van der Waals surface area contributed by atoms with Crippen LogP contribution in [-0.2, 0) is 14.4 Å². The summed E-state index contributed by atoms with van der Waals surface area (Å²) in [7, 11) is 0. The number of primary amides is 1. The summed E-state index contributed by atoms with van der Waals surface area (Å²) in [5.74, 6) is -1.94. The Kier molecular flexibility index (Phi) is 6.43. The number of nitrogens with two attached hydrogens (primary N) is 1. The number of para-hydroxylation sites is 1. The first-order chi connectivity index (χ1) is 12.6. The number of nitrogens with zero attached hydrogens (tertiary/aromatic N) is 2. The molecule has 0 spiro atoms. The molecule has 1 heterocycles. The van der Waals surface area contributed by atoms with Gasteiger partial charge in [0, 0.05) is 6.54 Å². The number of anilines is 1. The van der Waals surface area contributed by atoms with E-state index in [4.69, 9.17) is 17.3 Å². The van der Waals surface area contributed by atoms with E-state index in [-0.39, 0.29) is 35.3 Å². The van der Waals surface area contributed by atoms with E-state index < -0.39 is 29.7 Å². The summed E-state index contributed by atoms with van der Waals surface area (Å²) in [6.45, 7) is 5.04. The third kappa shape index (κ3) is 4.77. The second kappa shape index (κ2) is 8.39. The molecule has 0 bridgehead atoms. The van der Waals surface area contributed by atoms with Gasteiger partial charge in [-0.1, -0.05) is 31.5 Å². The summed E-state index contributed by atoms with van der Waals surface area (Å²) in [5, 5.41) is 2.88. The van der Waals surface area contributed by atoms with Crippen molar-refractivity contribution in [2.24, 2.45) is 11.7 Å². The molecule has 4 amide bonds. The van der Waals surface area contributed by atoms with Crippen molar-refractivity contribution in [2.75, 3.05) is 25.0 Å². The first-order valence-corrected chi connectivity index (χ1v) is 8.96. The van der Waals surface area contributed by atoms with E-state index in [1.165, 1.54) is 22.8 Å². The van der Waals surface area contributed by atoms with Crippen molar-refractivity contribution in [3.8, 4) is 0 Å². The third-order valence-electron chi connectivity index (χ3n) is 4.19. The lowest BCUT2D eigenvalue weighted by atomic mass is 10.1. The van der Waals surface area contributed by atoms with Crippen molar-refractivity contribution in [1.82, 2.24) is 9.80 Å². The summed E-state index contributed by atoms with van der Waals surface area (Å²) in [5.41, 5.74) is 5.67. The van der Waals surface area contributed by atoms with Crippen LogP contribution in [-0.4, -0.2) is 59.1 Å². The lowest BCUT2D eigenvalue weighted by Crippen LogP contribution is -2.51. The van der Waals surface area contributed by atoms with Crippen LogP contribution >= 0.6 is 11.6 Å². The minimum atomic E-state index is -0.889. The van der Waals surface area contributed by atoms with Crippen LogP contribution in [0.2, 0.25) is 5.02 Å². The number of benzene rings is 1. The molecule has 0 saturated heterocycles. The molecule has 2 rings (SSSR count). The summed E-state index contributed by atoms with van der Waals surface area (Å²) in [6.07, 6.45) is 0. The highest BCUT2D eigenvalue weighted by atomic mass is 35.5. The van der Waals surface area contributed by atoms with Crippen LogP contribution in [0.5, 0.6) is 0 Å². The second-order valence-electron chi connectivity index (χ2n) is 6.90. The Bertz CT molecular complexity index is 781. The molecule has 0 saturated carbocycles. The fraction of sp³-hybridized carbons (Fsp3) is 0.444. The third-order valence-corrected chi connectivity index (χ3v) is 4.51. The first-order valence-electron chi connectivity index (χ1n) is 8.58. The number of hydrogen-bond acceptors (Lipinski definition) is 4. The van der Waals surface area contributed by atoms with Gasteiger partial charge in [-0.15, -0.1) is 0 Å². The highest BCUT2D eigenvalue weighted by Crippen LogP contribution is 2.30. The molecule has 1 aromatic rings. The second-order valence-corrected chi connectivity index (χ2v) is 7.30. The van der Waals surface area contributed by atoms with Crippen LogP contribution in [0.4, 0.5) is 5.69 Å². The largest absolute Gasteiger partial charge is 0.368 e. The molecular weight excluding hydrogens is 372 g/mol. The first kappa shape index (κ1) is 20.7. The quantitative estimate of drug-likeness (QED) is 0.751. The summed E-state index contributed by atoms with van der Waals surface area (Å²) >= 11 is 6.10. The van der Waals surface area contributed by atoms with E-state index in [0.717, 1.165) is 0 Å². The molecule has 0 radical (unpaired) electrons. The van der Waals surface area contributed by atoms with Crippen LogP contribution in [0.15, 0.2) is 18.2 Å². The molecule has 1 aromatic carbocycles. The molecule has 9 heteroatoms. The predicted molar refractivity (Wildman–Crippen MR) is 101 cm³/mol. The maximum atomic E-state index is 13.0. The van der Waals surface area contributed by atoms with E-state index in [2.05, 4.69) is 5.32 Å². The van der Waals surface area contributed by atoms with Crippen LogP contribution in [0.1, 0.15) is 31.1 Å². The van der Waals surface area contributed by atoms with Gasteiger partial charge in [-0.25, -0.2) is 0 Å². The van der Waals surface area contributed by atoms with E-state index in [0.29, 0.717) is 6.54 Å². The molecule has 146 valence electrons. The van der Waals surface area contributed by atoms with Gasteiger partial charge in [0.05, 0.1) is 22.8 Å². The van der Waals surface area contributed by atoms with Crippen molar-refractivity contribution < 1.29 is 19.2 Å². The minimum Gasteiger partial charge on any atom is -0.368 e. The van der Waals surface area contributed by atoms with E-state index >= 15 is 0 Å². The summed E-state index contributed by atoms with van der Waals surface area (Å²) in [4.78, 5) is 51.9. The van der Waals surface area contributed by atoms with Gasteiger partial charge >= 0.3 is 0 Å². The number of rotatable bonds is 6. The van der Waals surface area contributed by atoms with Gasteiger partial charge < -0.3 is 20.9 Å². The molecule has 0 aliphatic carbocycles. The summed E-state index contributed by atoms with van der Waals surface area (Å²) in [6, 6.07) is 3.81. The normalized spacial score (nSPS) is 16.6. The van der Waals surface area contributed by atoms with Gasteiger partial charge in [-0.05, 0) is 25.0 Å². The Morgan fingerprint density at radius 2 is 2.00 bits per heavy atom. The number of hydrogen-bond donors (Lipinski definition) is 2. The van der Waals surface area contributed by atoms with Gasteiger partial charge in [0.25, 0.3) is 5.91 Å². The smallest absolute Gasteiger partial charge is 0.257 e. The standard InChI is InChI=1S/C18H23ClN4O4/c1-10(2)7-22(8-14(20)24)15(25)9-23-11(3)17(26)21-16-12(18(23)27)5-4-6-13(16)19/h4-6,10-11H,7-9H2,1-3H3,(H2,20,24)(H,21,26). The van der Waals surface area contributed by atoms with Crippen molar-refractivity contribution in [3.63, 3.8) is 0 Å². The van der Waals surface area contributed by atoms with E-state index in [1.54, 1.807) is 12.1 Å². The topological polar surface area (TPSA) is 113 Å². The molecule has 8 nitrogen and oxygen atoms in total. The SMILES string of the molecule is CC(C)CN(CC(N)=O)C(=O)CN1C(=O)c2cccc(Cl)c2NC(=O)C1C. The highest BCUT2D eigenvalue weighted by Gasteiger charge is 2.35. The predicted octanol–water partition coefficient (Wildman–Crippen LogP) is 1.09. The number of nitrogens with one attached hydrogen (secondary N) is 1. The average molecular weight is 395 g/mol. The van der Waals surface area contributed by atoms with Crippen molar-refractivity contribution in [1.29, 1.82) is 0 Å². The number of halogens is 1. The highest BCUT2D eigenvalue weighted by molar-refractivity contribution is 6.35. The van der Waals surface area contributed by atoms with Crippen LogP contribution in [0, 0.1) is 5.92 Å². The minimum absolute atomic E-state index is 0.105. The number of carbonyl (C=O) groups excluding carboxylic acids is 4. The van der Waals surface area contributed by atoms with Gasteiger partial charge in [0.1, 0.15) is 12.6 Å². The molecule has 1 unspecified atom stereocenters. The zero-order valence-corrected chi connectivity index (χ0v) is 16.2. The molecule has 3 N–H and O–H groups in total. The molecule has 27 heavy (non-hydrogen) atoms. The lowest BCUT2D eigenvalue weighted by Gasteiger charge is -2.29. The fourth-order valence-electron chi connectivity index (χ4n) is 2.87. The molecule has 0 aromatic heterocycles. The lowest BCUT2D eigenvalue weighted by molar-refractivity contribution is -0.137. The van der Waals surface area contributed by atoms with E-state index in [1.807, 2.05) is 13.8 Å². The zero-order valence-electron chi connectivity index (χ0n) is 15.5. The zero-order chi connectivity index (χ0) is 20.3. The van der Waals surface area contributed by atoms with Gasteiger partial charge in [-0.2, -0.15) is 0 Å². The van der Waals surface area contributed by atoms with Crippen LogP contribution in [0.25, 0.3) is 0 Å². The number of carbonyl (C=O) groups is 4. The Morgan fingerprint density at radius 3 is 2.59 bits per heavy atom. The number of fused-ring (bicyclic) bond motifs is 1. The Balaban J connectivity index is 2.32. The molecule has 1 atom stereocenters. The maximum absolute atomic E-state index is 13.0. The monoisotopic (exact) mass is 394 g/mol. The van der Waals surface area contributed by atoms with E-state index in [9.17, 15) is 19.2 Å². The average Bonchev–Trinajstić information content (AvgIpc) is 2.66. The molecule has 1 aliphatic heterocycles. The van der Waals surface area contributed by atoms with Crippen molar-refractivity contribution in [3.05, 3.63) is 28.8 Å². The van der Waals surface area contributed by atoms with Crippen LogP contribution in [0.3, 0.4) is 0 Å². The van der Waals surface area contributed by atoms with Gasteiger partial charge in [0.2, 0.25) is 17.7 Å². The molecule has 1 aliphatic rings. The maximum Gasteiger partial charge on any atom is 0.257 e. The fourth-order valence-corrected chi connectivity index (χ4v) is 3.09. The van der Waals surface area contributed by atoms with Gasteiger partial charge in [-0.3, -0.25) is 19.2 Å². The Labute approximate surface area is 162 Å². The molecular formula is C18H23ClN4O4. The van der Waals surface area contributed by atoms with Crippen molar-refractivity contribution >= 4 is 40.9 Å². The van der Waals surface area contributed by atoms with Crippen molar-refractivity contribution in [2.45, 2.75) is 26.8 Å². The van der Waals surface area contributed by atoms with Gasteiger partial charge in [0.15, 0.2) is 0 Å². The van der Waals surface area contributed by atoms with Crippen LogP contribution < -0.4 is 11.1 Å². The number of amides is 4. The molecule has 0 fully saturated rings. The summed E-state index contributed by atoms with van der Waals surface area (Å²) < 4.78 is 0.